The fourth-order valence-electron chi connectivity index (χ4n) is 6.14. The Hall–Kier alpha value is -1.35. The Morgan fingerprint density at radius 3 is 2.83 bits per heavy atom. The van der Waals surface area contributed by atoms with Gasteiger partial charge in [0.05, 0.1) is 0 Å². The van der Waals surface area contributed by atoms with Crippen molar-refractivity contribution in [3.8, 4) is 0 Å². The maximum atomic E-state index is 12.5. The summed E-state index contributed by atoms with van der Waals surface area (Å²) in [7, 11) is 1.69. The van der Waals surface area contributed by atoms with Crippen LogP contribution in [0.3, 0.4) is 0 Å². The summed E-state index contributed by atoms with van der Waals surface area (Å²) in [5.41, 5.74) is 8.31. The van der Waals surface area contributed by atoms with Crippen LogP contribution in [0.2, 0.25) is 0 Å². The van der Waals surface area contributed by atoms with Gasteiger partial charge in [-0.15, -0.1) is 0 Å². The van der Waals surface area contributed by atoms with Crippen LogP contribution in [0.5, 0.6) is 0 Å². The van der Waals surface area contributed by atoms with E-state index in [0.29, 0.717) is 30.0 Å². The van der Waals surface area contributed by atoms with E-state index in [1.807, 2.05) is 0 Å². The first-order valence-corrected chi connectivity index (χ1v) is 8.82. The van der Waals surface area contributed by atoms with Crippen LogP contribution in [0.1, 0.15) is 39.5 Å². The molecule has 0 unspecified atom stereocenters. The molecule has 0 saturated heterocycles. The molecule has 2 saturated carbocycles. The van der Waals surface area contributed by atoms with Gasteiger partial charge in [-0.2, -0.15) is 0 Å². The third-order valence-corrected chi connectivity index (χ3v) is 7.37. The highest BCUT2D eigenvalue weighted by Crippen LogP contribution is 2.63. The van der Waals surface area contributed by atoms with Crippen LogP contribution >= 0.6 is 0 Å². The molecule has 4 rings (SSSR count). The van der Waals surface area contributed by atoms with Crippen molar-refractivity contribution in [2.24, 2.45) is 34.3 Å². The number of nitrogens with two attached hydrogens (primary N) is 1. The molecular weight excluding hydrogens is 286 g/mol. The average Bonchev–Trinajstić information content (AvgIpc) is 2.77. The summed E-state index contributed by atoms with van der Waals surface area (Å²) in [6.45, 7) is 4.63. The lowest BCUT2D eigenvalue weighted by atomic mass is 9.49. The Labute approximate surface area is 138 Å². The fourth-order valence-corrected chi connectivity index (χ4v) is 6.14. The summed E-state index contributed by atoms with van der Waals surface area (Å²) in [6, 6.07) is 0. The molecule has 0 aliphatic heterocycles. The van der Waals surface area contributed by atoms with Gasteiger partial charge in [-0.1, -0.05) is 26.0 Å². The van der Waals surface area contributed by atoms with Crippen molar-refractivity contribution in [3.05, 3.63) is 35.6 Å². The van der Waals surface area contributed by atoms with E-state index in [4.69, 9.17) is 10.5 Å². The van der Waals surface area contributed by atoms with Crippen LogP contribution < -0.4 is 5.73 Å². The molecule has 6 atom stereocenters. The molecule has 0 aromatic heterocycles. The zero-order valence-corrected chi connectivity index (χ0v) is 14.3. The molecule has 0 amide bonds. The molecule has 0 bridgehead atoms. The number of Topliss-reactive ketones (excluding diaryl/α,β-unsaturated/α-hetero) is 1. The number of methoxy groups -OCH3 is 1. The van der Waals surface area contributed by atoms with Gasteiger partial charge in [0.2, 0.25) is 0 Å². The summed E-state index contributed by atoms with van der Waals surface area (Å²) in [5, 5.41) is 0. The number of carbonyl (C=O) groups excluding carboxylic acids is 1. The highest BCUT2D eigenvalue weighted by molar-refractivity contribution is 5.87. The van der Waals surface area contributed by atoms with E-state index in [-0.39, 0.29) is 16.9 Å². The molecule has 3 nitrogen and oxygen atoms in total. The van der Waals surface area contributed by atoms with Crippen LogP contribution in [0.4, 0.5) is 0 Å². The number of carbonyl (C=O) groups is 1. The minimum atomic E-state index is -0.205. The molecule has 0 radical (unpaired) electrons. The van der Waals surface area contributed by atoms with E-state index < -0.39 is 0 Å². The third-order valence-electron chi connectivity index (χ3n) is 7.37. The molecule has 3 heteroatoms. The summed E-state index contributed by atoms with van der Waals surface area (Å²) >= 11 is 0. The summed E-state index contributed by atoms with van der Waals surface area (Å²) in [6.07, 6.45) is 12.7. The van der Waals surface area contributed by atoms with E-state index >= 15 is 0 Å². The molecule has 4 aliphatic rings. The quantitative estimate of drug-likeness (QED) is 0.807. The maximum absolute atomic E-state index is 12.5. The van der Waals surface area contributed by atoms with Crippen LogP contribution in [0.15, 0.2) is 35.6 Å². The third kappa shape index (κ3) is 1.89. The van der Waals surface area contributed by atoms with Crippen molar-refractivity contribution in [1.29, 1.82) is 0 Å². The molecule has 0 heterocycles. The van der Waals surface area contributed by atoms with E-state index in [0.717, 1.165) is 25.0 Å². The number of ether oxygens (including phenoxy) is 1. The number of allylic oxidation sites excluding steroid dienone is 5. The summed E-state index contributed by atoms with van der Waals surface area (Å²) < 4.78 is 5.62. The van der Waals surface area contributed by atoms with Gasteiger partial charge < -0.3 is 10.5 Å². The lowest BCUT2D eigenvalue weighted by molar-refractivity contribution is -0.131. The van der Waals surface area contributed by atoms with Crippen molar-refractivity contribution in [2.75, 3.05) is 7.11 Å². The van der Waals surface area contributed by atoms with Crippen LogP contribution in [0.25, 0.3) is 0 Å². The minimum absolute atomic E-state index is 0.0158. The first kappa shape index (κ1) is 15.2. The monoisotopic (exact) mass is 313 g/mol. The number of hydrogen-bond donors (Lipinski definition) is 1. The van der Waals surface area contributed by atoms with Gasteiger partial charge in [-0.05, 0) is 54.7 Å². The second-order valence-corrected chi connectivity index (χ2v) is 8.36. The van der Waals surface area contributed by atoms with Crippen molar-refractivity contribution in [3.63, 3.8) is 0 Å². The molecule has 0 aromatic carbocycles. The van der Waals surface area contributed by atoms with Crippen molar-refractivity contribution >= 4 is 5.78 Å². The SMILES string of the molecule is CO[C@H]1C(=O)C[C@H]2[C@@H]3CC=C4C=C(N)C=C[C@]4(C)[C@H]3CC[C@]12C. The Morgan fingerprint density at radius 1 is 1.30 bits per heavy atom. The van der Waals surface area contributed by atoms with Crippen LogP contribution in [-0.2, 0) is 9.53 Å². The van der Waals surface area contributed by atoms with E-state index in [1.54, 1.807) is 7.11 Å². The average molecular weight is 313 g/mol. The van der Waals surface area contributed by atoms with Crippen molar-refractivity contribution < 1.29 is 9.53 Å². The molecule has 23 heavy (non-hydrogen) atoms. The van der Waals surface area contributed by atoms with E-state index in [9.17, 15) is 4.79 Å². The second-order valence-electron chi connectivity index (χ2n) is 8.36. The van der Waals surface area contributed by atoms with Gasteiger partial charge in [0, 0.05) is 30.1 Å². The zero-order chi connectivity index (χ0) is 16.4. The number of rotatable bonds is 1. The molecule has 2 fully saturated rings. The molecule has 0 spiro atoms. The highest BCUT2D eigenvalue weighted by Gasteiger charge is 2.60. The molecule has 4 aliphatic carbocycles. The van der Waals surface area contributed by atoms with Crippen LogP contribution in [-0.4, -0.2) is 19.0 Å². The number of ketones is 1. The van der Waals surface area contributed by atoms with E-state index in [1.165, 1.54) is 5.57 Å². The Balaban J connectivity index is 1.73. The fraction of sp³-hybridized carbons (Fsp3) is 0.650. The minimum Gasteiger partial charge on any atom is -0.399 e. The van der Waals surface area contributed by atoms with Crippen molar-refractivity contribution in [2.45, 2.75) is 45.6 Å². The van der Waals surface area contributed by atoms with Crippen LogP contribution in [0, 0.1) is 28.6 Å². The lowest BCUT2D eigenvalue weighted by Crippen LogP contribution is -2.50. The molecule has 124 valence electrons. The maximum Gasteiger partial charge on any atom is 0.162 e. The highest BCUT2D eigenvalue weighted by atomic mass is 16.5. The first-order chi connectivity index (χ1) is 10.9. The smallest absolute Gasteiger partial charge is 0.162 e. The van der Waals surface area contributed by atoms with Gasteiger partial charge in [0.1, 0.15) is 6.10 Å². The zero-order valence-electron chi connectivity index (χ0n) is 14.3. The topological polar surface area (TPSA) is 52.3 Å². The second kappa shape index (κ2) is 4.83. The Bertz CT molecular complexity index is 646. The largest absolute Gasteiger partial charge is 0.399 e. The van der Waals surface area contributed by atoms with E-state index in [2.05, 4.69) is 38.2 Å². The van der Waals surface area contributed by atoms with Gasteiger partial charge >= 0.3 is 0 Å². The standard InChI is InChI=1S/C20H27NO2/c1-19-8-6-13(21)10-12(19)4-5-14-15(19)7-9-20(2)16(14)11-17(22)18(20)23-3/h4,6,8,10,14-16,18H,5,7,9,11,21H2,1-3H3/t14-,15+,16+,18+,19+,20+/m1/s1. The predicted octanol–water partition coefficient (Wildman–Crippen LogP) is 3.37. The molecule has 0 aromatic rings. The van der Waals surface area contributed by atoms with Gasteiger partial charge in [0.15, 0.2) is 5.78 Å². The van der Waals surface area contributed by atoms with Crippen molar-refractivity contribution in [1.82, 2.24) is 0 Å². The predicted molar refractivity (Wildman–Crippen MR) is 90.4 cm³/mol. The first-order valence-electron chi connectivity index (χ1n) is 8.82. The van der Waals surface area contributed by atoms with Gasteiger partial charge in [0.25, 0.3) is 0 Å². The summed E-state index contributed by atoms with van der Waals surface area (Å²) in [5.74, 6) is 1.93. The Morgan fingerprint density at radius 2 is 2.09 bits per heavy atom. The van der Waals surface area contributed by atoms with Gasteiger partial charge in [-0.3, -0.25) is 4.79 Å². The summed E-state index contributed by atoms with van der Waals surface area (Å²) in [4.78, 5) is 12.5. The number of fused-ring (bicyclic) bond motifs is 5. The molecule has 2 N–H and O–H groups in total. The molecular formula is C20H27NO2. The number of hydrogen-bond acceptors (Lipinski definition) is 3. The Kier molecular flexibility index (Phi) is 3.19. The lowest BCUT2D eigenvalue weighted by Gasteiger charge is -2.55. The normalized spacial score (nSPS) is 48.2. The van der Waals surface area contributed by atoms with Gasteiger partial charge in [-0.25, -0.2) is 0 Å².